The molecule has 0 aliphatic carbocycles. The second kappa shape index (κ2) is 6.42. The maximum absolute atomic E-state index is 9.17. The highest BCUT2D eigenvalue weighted by atomic mass is 79.9. The number of nitrogens with one attached hydrogen (secondary N) is 1. The number of anilines is 1. The fourth-order valence-electron chi connectivity index (χ4n) is 1.51. The highest BCUT2D eigenvalue weighted by Crippen LogP contribution is 2.18. The highest BCUT2D eigenvalue weighted by molar-refractivity contribution is 9.10. The van der Waals surface area contributed by atoms with Crippen LogP contribution in [0.2, 0.25) is 5.02 Å². The first kappa shape index (κ1) is 13.7. The SMILES string of the molecule is N#C/C(=C\Nc1ccc(Br)cc1)c1ccc(Cl)cc1. The first-order valence-electron chi connectivity index (χ1n) is 5.57. The molecule has 0 amide bonds. The Bertz CT molecular complexity index is 625. The summed E-state index contributed by atoms with van der Waals surface area (Å²) in [6.45, 7) is 0. The molecular formula is C15H10BrClN2. The van der Waals surface area contributed by atoms with Crippen molar-refractivity contribution < 1.29 is 0 Å². The van der Waals surface area contributed by atoms with Crippen LogP contribution in [0.25, 0.3) is 5.57 Å². The molecule has 94 valence electrons. The van der Waals surface area contributed by atoms with Gasteiger partial charge in [0.25, 0.3) is 0 Å². The molecule has 0 saturated heterocycles. The minimum Gasteiger partial charge on any atom is -0.360 e. The predicted molar refractivity (Wildman–Crippen MR) is 82.8 cm³/mol. The Morgan fingerprint density at radius 2 is 1.74 bits per heavy atom. The first-order chi connectivity index (χ1) is 9.19. The van der Waals surface area contributed by atoms with E-state index >= 15 is 0 Å². The van der Waals surface area contributed by atoms with Crippen molar-refractivity contribution in [2.45, 2.75) is 0 Å². The van der Waals surface area contributed by atoms with Gasteiger partial charge in [0.2, 0.25) is 0 Å². The van der Waals surface area contributed by atoms with Gasteiger partial charge in [0.15, 0.2) is 0 Å². The Labute approximate surface area is 125 Å². The lowest BCUT2D eigenvalue weighted by molar-refractivity contribution is 1.50. The minimum atomic E-state index is 0.555. The lowest BCUT2D eigenvalue weighted by atomic mass is 10.1. The van der Waals surface area contributed by atoms with E-state index in [0.717, 1.165) is 15.7 Å². The molecule has 0 spiro atoms. The van der Waals surface area contributed by atoms with E-state index in [0.29, 0.717) is 10.6 Å². The summed E-state index contributed by atoms with van der Waals surface area (Å²) in [5.41, 5.74) is 2.31. The van der Waals surface area contributed by atoms with E-state index in [9.17, 15) is 5.26 Å². The maximum atomic E-state index is 9.17. The molecule has 4 heteroatoms. The van der Waals surface area contributed by atoms with E-state index in [1.165, 1.54) is 0 Å². The van der Waals surface area contributed by atoms with Crippen LogP contribution in [0.1, 0.15) is 5.56 Å². The number of benzene rings is 2. The number of halogens is 2. The molecule has 0 atom stereocenters. The van der Waals surface area contributed by atoms with Crippen LogP contribution in [0.5, 0.6) is 0 Å². The van der Waals surface area contributed by atoms with E-state index < -0.39 is 0 Å². The van der Waals surface area contributed by atoms with Gasteiger partial charge in [0.05, 0.1) is 5.57 Å². The lowest BCUT2D eigenvalue weighted by Crippen LogP contribution is -1.90. The summed E-state index contributed by atoms with van der Waals surface area (Å²) in [5, 5.41) is 12.9. The summed E-state index contributed by atoms with van der Waals surface area (Å²) in [6.07, 6.45) is 1.69. The third-order valence-corrected chi connectivity index (χ3v) is 3.28. The molecule has 0 aliphatic heterocycles. The van der Waals surface area contributed by atoms with E-state index in [4.69, 9.17) is 11.6 Å². The smallest absolute Gasteiger partial charge is 0.101 e. The van der Waals surface area contributed by atoms with E-state index in [2.05, 4.69) is 27.3 Å². The second-order valence-corrected chi connectivity index (χ2v) is 5.18. The molecule has 0 aliphatic rings. The Morgan fingerprint density at radius 3 is 2.32 bits per heavy atom. The topological polar surface area (TPSA) is 35.8 Å². The van der Waals surface area contributed by atoms with Gasteiger partial charge in [-0.3, -0.25) is 0 Å². The predicted octanol–water partition coefficient (Wildman–Crippen LogP) is 5.08. The summed E-state index contributed by atoms with van der Waals surface area (Å²) < 4.78 is 1.01. The summed E-state index contributed by atoms with van der Waals surface area (Å²) in [7, 11) is 0. The molecule has 2 aromatic carbocycles. The van der Waals surface area contributed by atoms with Crippen LogP contribution in [0.3, 0.4) is 0 Å². The zero-order chi connectivity index (χ0) is 13.7. The van der Waals surface area contributed by atoms with Crippen LogP contribution in [0, 0.1) is 11.3 Å². The van der Waals surface area contributed by atoms with E-state index in [1.54, 1.807) is 18.3 Å². The number of rotatable bonds is 3. The summed E-state index contributed by atoms with van der Waals surface area (Å²) in [5.74, 6) is 0. The van der Waals surface area contributed by atoms with Crippen molar-refractivity contribution in [2.24, 2.45) is 0 Å². The van der Waals surface area contributed by atoms with Gasteiger partial charge in [0, 0.05) is 21.4 Å². The van der Waals surface area contributed by atoms with Crippen molar-refractivity contribution in [2.75, 3.05) is 5.32 Å². The first-order valence-corrected chi connectivity index (χ1v) is 6.74. The Morgan fingerprint density at radius 1 is 1.11 bits per heavy atom. The van der Waals surface area contributed by atoms with Crippen molar-refractivity contribution in [3.05, 3.63) is 69.8 Å². The van der Waals surface area contributed by atoms with Gasteiger partial charge in [0.1, 0.15) is 6.07 Å². The average Bonchev–Trinajstić information content (AvgIpc) is 2.43. The van der Waals surface area contributed by atoms with E-state index in [-0.39, 0.29) is 0 Å². The number of allylic oxidation sites excluding steroid dienone is 1. The summed E-state index contributed by atoms with van der Waals surface area (Å²) in [6, 6.07) is 17.1. The molecule has 0 aromatic heterocycles. The molecule has 0 saturated carbocycles. The number of nitriles is 1. The van der Waals surface area contributed by atoms with Crippen LogP contribution >= 0.6 is 27.5 Å². The van der Waals surface area contributed by atoms with Crippen LogP contribution in [0.4, 0.5) is 5.69 Å². The zero-order valence-electron chi connectivity index (χ0n) is 9.90. The van der Waals surface area contributed by atoms with Gasteiger partial charge < -0.3 is 5.32 Å². The Kier molecular flexibility index (Phi) is 4.62. The van der Waals surface area contributed by atoms with Gasteiger partial charge in [-0.1, -0.05) is 39.7 Å². The lowest BCUT2D eigenvalue weighted by Gasteiger charge is -2.03. The van der Waals surface area contributed by atoms with Crippen LogP contribution < -0.4 is 5.32 Å². The molecule has 0 fully saturated rings. The summed E-state index contributed by atoms with van der Waals surface area (Å²) in [4.78, 5) is 0. The molecule has 1 N–H and O–H groups in total. The van der Waals surface area contributed by atoms with Crippen LogP contribution in [0.15, 0.2) is 59.2 Å². The number of hydrogen-bond donors (Lipinski definition) is 1. The molecule has 19 heavy (non-hydrogen) atoms. The monoisotopic (exact) mass is 332 g/mol. The molecule has 0 bridgehead atoms. The molecular weight excluding hydrogens is 324 g/mol. The zero-order valence-corrected chi connectivity index (χ0v) is 12.2. The van der Waals surface area contributed by atoms with Gasteiger partial charge in [-0.15, -0.1) is 0 Å². The standard InChI is InChI=1S/C15H10BrClN2/c16-13-3-7-15(8-4-13)19-10-12(9-18)11-1-5-14(17)6-2-11/h1-8,10,19H/b12-10+. The van der Waals surface area contributed by atoms with E-state index in [1.807, 2.05) is 36.4 Å². The van der Waals surface area contributed by atoms with Crippen molar-refractivity contribution >= 4 is 38.8 Å². The van der Waals surface area contributed by atoms with Crippen molar-refractivity contribution in [3.8, 4) is 6.07 Å². The molecule has 0 unspecified atom stereocenters. The fourth-order valence-corrected chi connectivity index (χ4v) is 1.90. The maximum Gasteiger partial charge on any atom is 0.101 e. The van der Waals surface area contributed by atoms with Gasteiger partial charge in [-0.05, 0) is 42.0 Å². The van der Waals surface area contributed by atoms with Crippen molar-refractivity contribution in [1.82, 2.24) is 0 Å². The molecule has 2 rings (SSSR count). The second-order valence-electron chi connectivity index (χ2n) is 3.83. The van der Waals surface area contributed by atoms with Crippen LogP contribution in [-0.4, -0.2) is 0 Å². The van der Waals surface area contributed by atoms with Crippen molar-refractivity contribution in [1.29, 1.82) is 5.26 Å². The third kappa shape index (κ3) is 3.85. The van der Waals surface area contributed by atoms with Crippen LogP contribution in [-0.2, 0) is 0 Å². The third-order valence-electron chi connectivity index (χ3n) is 2.50. The molecule has 2 aromatic rings. The Balaban J connectivity index is 2.18. The molecule has 0 heterocycles. The quantitative estimate of drug-likeness (QED) is 0.795. The van der Waals surface area contributed by atoms with Gasteiger partial charge in [-0.2, -0.15) is 5.26 Å². The Hall–Kier alpha value is -1.76. The van der Waals surface area contributed by atoms with Gasteiger partial charge >= 0.3 is 0 Å². The largest absolute Gasteiger partial charge is 0.360 e. The number of nitrogens with zero attached hydrogens (tertiary/aromatic N) is 1. The number of hydrogen-bond acceptors (Lipinski definition) is 2. The molecule has 2 nitrogen and oxygen atoms in total. The normalized spacial score (nSPS) is 10.9. The summed E-state index contributed by atoms with van der Waals surface area (Å²) >= 11 is 9.20. The van der Waals surface area contributed by atoms with Crippen molar-refractivity contribution in [3.63, 3.8) is 0 Å². The highest BCUT2D eigenvalue weighted by Gasteiger charge is 2.00. The van der Waals surface area contributed by atoms with Gasteiger partial charge in [-0.25, -0.2) is 0 Å². The fraction of sp³-hybridized carbons (Fsp3) is 0. The average molecular weight is 334 g/mol. The minimum absolute atomic E-state index is 0.555. The molecule has 0 radical (unpaired) electrons.